The Morgan fingerprint density at radius 3 is 2.87 bits per heavy atom. The summed E-state index contributed by atoms with van der Waals surface area (Å²) in [6.07, 6.45) is 1.61. The summed E-state index contributed by atoms with van der Waals surface area (Å²) in [7, 11) is -3.40. The van der Waals surface area contributed by atoms with Crippen molar-refractivity contribution in [1.82, 2.24) is 4.72 Å². The lowest BCUT2D eigenvalue weighted by Gasteiger charge is -1.95. The van der Waals surface area contributed by atoms with Gasteiger partial charge in [-0.2, -0.15) is 0 Å². The fourth-order valence-corrected chi connectivity index (χ4v) is 2.66. The zero-order chi connectivity index (χ0) is 10.9. The molecule has 0 amide bonds. The van der Waals surface area contributed by atoms with Crippen LogP contribution in [0.5, 0.6) is 0 Å². The topological polar surface area (TPSA) is 58.5 Å². The molecule has 1 aromatic carbocycles. The number of amidine groups is 1. The molecule has 1 aromatic rings. The second-order valence-corrected chi connectivity index (χ2v) is 4.73. The van der Waals surface area contributed by atoms with Crippen molar-refractivity contribution in [2.24, 2.45) is 4.99 Å². The molecule has 1 aliphatic rings. The molecule has 0 saturated carbocycles. The third kappa shape index (κ3) is 1.66. The maximum Gasteiger partial charge on any atom is 0.263 e. The summed E-state index contributed by atoms with van der Waals surface area (Å²) in [5.74, 6) is 0.394. The molecule has 1 aliphatic heterocycles. The number of hydrogen-bond donors (Lipinski definition) is 1. The van der Waals surface area contributed by atoms with Crippen molar-refractivity contribution in [2.45, 2.75) is 4.90 Å². The first-order valence-electron chi connectivity index (χ1n) is 4.43. The van der Waals surface area contributed by atoms with Crippen molar-refractivity contribution < 1.29 is 8.42 Å². The van der Waals surface area contributed by atoms with Crippen molar-refractivity contribution in [3.8, 4) is 0 Å². The van der Waals surface area contributed by atoms with E-state index >= 15 is 0 Å². The lowest BCUT2D eigenvalue weighted by molar-refractivity contribution is 0.595. The smallest absolute Gasteiger partial charge is 0.263 e. The quantitative estimate of drug-likeness (QED) is 0.756. The molecule has 15 heavy (non-hydrogen) atoms. The van der Waals surface area contributed by atoms with Crippen molar-refractivity contribution in [3.63, 3.8) is 0 Å². The van der Waals surface area contributed by atoms with E-state index in [1.54, 1.807) is 30.3 Å². The Kier molecular flexibility index (Phi) is 2.32. The second-order valence-electron chi connectivity index (χ2n) is 3.08. The van der Waals surface area contributed by atoms with Gasteiger partial charge in [-0.15, -0.1) is 6.58 Å². The summed E-state index contributed by atoms with van der Waals surface area (Å²) in [4.78, 5) is 4.37. The Morgan fingerprint density at radius 2 is 2.13 bits per heavy atom. The van der Waals surface area contributed by atoms with Crippen LogP contribution in [0.4, 0.5) is 0 Å². The van der Waals surface area contributed by atoms with Crippen LogP contribution in [0.3, 0.4) is 0 Å². The summed E-state index contributed by atoms with van der Waals surface area (Å²) >= 11 is 0. The largest absolute Gasteiger partial charge is 0.263 e. The molecular weight excluding hydrogens is 212 g/mol. The van der Waals surface area contributed by atoms with Crippen molar-refractivity contribution in [3.05, 3.63) is 42.5 Å². The molecule has 0 atom stereocenters. The van der Waals surface area contributed by atoms with Gasteiger partial charge in [-0.05, 0) is 12.1 Å². The fraction of sp³-hybridized carbons (Fsp3) is 0.100. The van der Waals surface area contributed by atoms with Gasteiger partial charge in [0.2, 0.25) is 0 Å². The van der Waals surface area contributed by atoms with Gasteiger partial charge in [-0.1, -0.05) is 18.2 Å². The highest BCUT2D eigenvalue weighted by atomic mass is 32.2. The van der Waals surface area contributed by atoms with Crippen molar-refractivity contribution in [1.29, 1.82) is 0 Å². The summed E-state index contributed by atoms with van der Waals surface area (Å²) in [6.45, 7) is 3.92. The van der Waals surface area contributed by atoms with Crippen LogP contribution in [-0.4, -0.2) is 20.8 Å². The van der Waals surface area contributed by atoms with Gasteiger partial charge in [-0.3, -0.25) is 9.71 Å². The van der Waals surface area contributed by atoms with Gasteiger partial charge in [0, 0.05) is 5.56 Å². The minimum absolute atomic E-state index is 0.285. The van der Waals surface area contributed by atoms with Crippen LogP contribution < -0.4 is 4.72 Å². The molecule has 5 heteroatoms. The summed E-state index contributed by atoms with van der Waals surface area (Å²) < 4.78 is 25.6. The third-order valence-electron chi connectivity index (χ3n) is 2.04. The Balaban J connectivity index is 2.57. The molecule has 0 unspecified atom stereocenters. The zero-order valence-electron chi connectivity index (χ0n) is 7.97. The minimum atomic E-state index is -3.40. The van der Waals surface area contributed by atoms with Crippen molar-refractivity contribution in [2.75, 3.05) is 6.54 Å². The number of sulfonamides is 1. The first kappa shape index (κ1) is 9.92. The van der Waals surface area contributed by atoms with E-state index in [-0.39, 0.29) is 4.90 Å². The summed E-state index contributed by atoms with van der Waals surface area (Å²) in [6, 6.07) is 6.77. The number of nitrogens with zero attached hydrogens (tertiary/aromatic N) is 1. The average Bonchev–Trinajstić information content (AvgIpc) is 2.49. The molecule has 0 saturated heterocycles. The maximum atomic E-state index is 11.6. The highest BCUT2D eigenvalue weighted by Crippen LogP contribution is 2.21. The van der Waals surface area contributed by atoms with Crippen LogP contribution in [0.15, 0.2) is 46.8 Å². The van der Waals surface area contributed by atoms with Gasteiger partial charge in [0.15, 0.2) is 0 Å². The highest BCUT2D eigenvalue weighted by molar-refractivity contribution is 7.90. The lowest BCUT2D eigenvalue weighted by Crippen LogP contribution is -2.22. The van der Waals surface area contributed by atoms with Crippen LogP contribution >= 0.6 is 0 Å². The molecule has 4 nitrogen and oxygen atoms in total. The normalized spacial score (nSPS) is 19.6. The van der Waals surface area contributed by atoms with Crippen LogP contribution in [0.1, 0.15) is 5.56 Å². The summed E-state index contributed by atoms with van der Waals surface area (Å²) in [5.41, 5.74) is 0.624. The molecule has 1 heterocycles. The molecule has 0 spiro atoms. The van der Waals surface area contributed by atoms with Crippen molar-refractivity contribution >= 4 is 15.9 Å². The molecule has 1 N–H and O–H groups in total. The Labute approximate surface area is 88.4 Å². The van der Waals surface area contributed by atoms with Crippen LogP contribution in [0.25, 0.3) is 0 Å². The van der Waals surface area contributed by atoms with E-state index in [0.29, 0.717) is 17.9 Å². The van der Waals surface area contributed by atoms with E-state index in [0.717, 1.165) is 0 Å². The average molecular weight is 222 g/mol. The molecule has 0 aliphatic carbocycles. The molecule has 0 fully saturated rings. The molecule has 2 rings (SSSR count). The minimum Gasteiger partial charge on any atom is -0.263 e. The van der Waals surface area contributed by atoms with Gasteiger partial charge >= 0.3 is 0 Å². The first-order valence-corrected chi connectivity index (χ1v) is 5.91. The molecule has 0 bridgehead atoms. The Morgan fingerprint density at radius 1 is 1.40 bits per heavy atom. The predicted molar refractivity (Wildman–Crippen MR) is 58.4 cm³/mol. The Hall–Kier alpha value is -1.62. The van der Waals surface area contributed by atoms with E-state index in [9.17, 15) is 8.42 Å². The van der Waals surface area contributed by atoms with Gasteiger partial charge in [-0.25, -0.2) is 8.42 Å². The highest BCUT2D eigenvalue weighted by Gasteiger charge is 2.29. The fourth-order valence-electron chi connectivity index (χ4n) is 1.41. The maximum absolute atomic E-state index is 11.6. The molecule has 0 aromatic heterocycles. The SMILES string of the molecule is C=CCN=C1NS(=O)(=O)c2ccccc21. The number of aliphatic imine (C=N–C) groups is 1. The van der Waals surface area contributed by atoms with Crippen LogP contribution in [0.2, 0.25) is 0 Å². The number of benzene rings is 1. The standard InChI is InChI=1S/C10H10N2O2S/c1-2-7-11-10-8-5-3-4-6-9(8)15(13,14)12-10/h2-6H,1,7H2,(H,11,12). The van der Waals surface area contributed by atoms with Gasteiger partial charge in [0.25, 0.3) is 10.0 Å². The monoisotopic (exact) mass is 222 g/mol. The molecule has 78 valence electrons. The van der Waals surface area contributed by atoms with E-state index in [4.69, 9.17) is 0 Å². The van der Waals surface area contributed by atoms with Crippen LogP contribution in [-0.2, 0) is 10.0 Å². The third-order valence-corrected chi connectivity index (χ3v) is 3.44. The zero-order valence-corrected chi connectivity index (χ0v) is 8.79. The van der Waals surface area contributed by atoms with E-state index in [1.807, 2.05) is 0 Å². The number of rotatable bonds is 2. The molecular formula is C10H10N2O2S. The van der Waals surface area contributed by atoms with Gasteiger partial charge < -0.3 is 0 Å². The first-order chi connectivity index (χ1) is 7.15. The second kappa shape index (κ2) is 3.51. The van der Waals surface area contributed by atoms with E-state index < -0.39 is 10.0 Å². The number of fused-ring (bicyclic) bond motifs is 1. The van der Waals surface area contributed by atoms with Gasteiger partial charge in [0.1, 0.15) is 5.84 Å². The Bertz CT molecular complexity index is 532. The van der Waals surface area contributed by atoms with Gasteiger partial charge in [0.05, 0.1) is 11.4 Å². The number of hydrogen-bond acceptors (Lipinski definition) is 3. The lowest BCUT2D eigenvalue weighted by atomic mass is 10.2. The van der Waals surface area contributed by atoms with E-state index in [2.05, 4.69) is 16.3 Å². The molecule has 0 radical (unpaired) electrons. The number of nitrogens with one attached hydrogen (secondary N) is 1. The summed E-state index contributed by atoms with van der Waals surface area (Å²) in [5, 5.41) is 0. The van der Waals surface area contributed by atoms with Crippen LogP contribution in [0, 0.1) is 0 Å². The predicted octanol–water partition coefficient (Wildman–Crippen LogP) is 0.911. The van der Waals surface area contributed by atoms with E-state index in [1.165, 1.54) is 0 Å².